The lowest BCUT2D eigenvalue weighted by molar-refractivity contribution is 0.0474. The molecule has 150 valence electrons. The Kier molecular flexibility index (Phi) is 5.20. The Balaban J connectivity index is 1.11. The Labute approximate surface area is 166 Å². The third-order valence-corrected chi connectivity index (χ3v) is 6.19. The molecule has 0 unspecified atom stereocenters. The fourth-order valence-corrected chi connectivity index (χ4v) is 4.66. The number of piperidine rings is 1. The van der Waals surface area contributed by atoms with Gasteiger partial charge in [-0.15, -0.1) is 0 Å². The Morgan fingerprint density at radius 2 is 1.89 bits per heavy atom. The van der Waals surface area contributed by atoms with Crippen LogP contribution in [0.2, 0.25) is 0 Å². The summed E-state index contributed by atoms with van der Waals surface area (Å²) in [5.74, 6) is 1.75. The molecule has 28 heavy (non-hydrogen) atoms. The highest BCUT2D eigenvalue weighted by Gasteiger charge is 2.28. The van der Waals surface area contributed by atoms with E-state index in [1.807, 2.05) is 12.3 Å². The van der Waals surface area contributed by atoms with Crippen molar-refractivity contribution in [3.8, 4) is 11.5 Å². The normalized spacial score (nSPS) is 23.9. The largest absolute Gasteiger partial charge is 0.454 e. The number of piperazine rings is 1. The van der Waals surface area contributed by atoms with Crippen LogP contribution in [0.25, 0.3) is 0 Å². The van der Waals surface area contributed by atoms with E-state index >= 15 is 0 Å². The molecule has 3 aliphatic heterocycles. The number of aromatic nitrogens is 2. The van der Waals surface area contributed by atoms with Gasteiger partial charge in [0.25, 0.3) is 0 Å². The van der Waals surface area contributed by atoms with E-state index in [0.29, 0.717) is 12.8 Å². The molecule has 1 N–H and O–H groups in total. The highest BCUT2D eigenvalue weighted by Crippen LogP contribution is 2.33. The van der Waals surface area contributed by atoms with E-state index in [1.54, 1.807) is 6.33 Å². The van der Waals surface area contributed by atoms with Crippen LogP contribution in [0.5, 0.6) is 11.5 Å². The molecule has 1 aromatic carbocycles. The lowest BCUT2D eigenvalue weighted by Crippen LogP contribution is -2.54. The van der Waals surface area contributed by atoms with E-state index in [2.05, 4.69) is 36.8 Å². The zero-order valence-electron chi connectivity index (χ0n) is 16.3. The second kappa shape index (κ2) is 8.11. The van der Waals surface area contributed by atoms with Gasteiger partial charge >= 0.3 is 0 Å². The first-order valence-electron chi connectivity index (χ1n) is 10.4. The van der Waals surface area contributed by atoms with Crippen molar-refractivity contribution in [3.05, 3.63) is 42.0 Å². The van der Waals surface area contributed by atoms with Crippen molar-refractivity contribution >= 4 is 0 Å². The van der Waals surface area contributed by atoms with Crippen LogP contribution in [0, 0.1) is 0 Å². The van der Waals surface area contributed by atoms with E-state index in [1.165, 1.54) is 24.9 Å². The number of rotatable bonds is 5. The average Bonchev–Trinajstić information content (AvgIpc) is 3.40. The maximum absolute atomic E-state index is 5.51. The number of aromatic amines is 1. The number of likely N-dealkylation sites (tertiary alicyclic amines) is 1. The van der Waals surface area contributed by atoms with Gasteiger partial charge < -0.3 is 14.5 Å². The van der Waals surface area contributed by atoms with Gasteiger partial charge in [-0.05, 0) is 37.1 Å². The third-order valence-electron chi connectivity index (χ3n) is 6.19. The number of H-pyrrole nitrogens is 1. The fourth-order valence-electron chi connectivity index (χ4n) is 4.66. The van der Waals surface area contributed by atoms with Gasteiger partial charge in [-0.25, -0.2) is 4.98 Å². The molecule has 7 heteroatoms. The van der Waals surface area contributed by atoms with Gasteiger partial charge in [-0.3, -0.25) is 14.7 Å². The first-order valence-corrected chi connectivity index (χ1v) is 10.4. The van der Waals surface area contributed by atoms with Crippen LogP contribution in [-0.4, -0.2) is 76.8 Å². The molecule has 0 aliphatic carbocycles. The number of nitrogens with one attached hydrogen (secondary N) is 1. The smallest absolute Gasteiger partial charge is 0.231 e. The van der Waals surface area contributed by atoms with E-state index in [4.69, 9.17) is 9.47 Å². The quantitative estimate of drug-likeness (QED) is 0.851. The van der Waals surface area contributed by atoms with E-state index in [0.717, 1.165) is 63.0 Å². The van der Waals surface area contributed by atoms with Crippen molar-refractivity contribution in [2.24, 2.45) is 0 Å². The van der Waals surface area contributed by atoms with Gasteiger partial charge in [0.05, 0.1) is 12.0 Å². The predicted molar refractivity (Wildman–Crippen MR) is 106 cm³/mol. The van der Waals surface area contributed by atoms with Crippen molar-refractivity contribution < 1.29 is 9.47 Å². The van der Waals surface area contributed by atoms with Crippen LogP contribution in [0.1, 0.15) is 24.1 Å². The fraction of sp³-hybridized carbons (Fsp3) is 0.571. The second-order valence-electron chi connectivity index (χ2n) is 8.09. The predicted octanol–water partition coefficient (Wildman–Crippen LogP) is 1.92. The van der Waals surface area contributed by atoms with Gasteiger partial charge in [-0.1, -0.05) is 6.07 Å². The Morgan fingerprint density at radius 1 is 1.00 bits per heavy atom. The van der Waals surface area contributed by atoms with Crippen LogP contribution in [0.3, 0.4) is 0 Å². The maximum Gasteiger partial charge on any atom is 0.231 e. The summed E-state index contributed by atoms with van der Waals surface area (Å²) in [4.78, 5) is 15.3. The van der Waals surface area contributed by atoms with Crippen LogP contribution < -0.4 is 9.47 Å². The topological polar surface area (TPSA) is 56.9 Å². The van der Waals surface area contributed by atoms with Crippen LogP contribution >= 0.6 is 0 Å². The lowest BCUT2D eigenvalue weighted by Gasteiger charge is -2.43. The molecule has 3 aliphatic rings. The van der Waals surface area contributed by atoms with Gasteiger partial charge in [-0.2, -0.15) is 0 Å². The zero-order valence-corrected chi connectivity index (χ0v) is 16.3. The average molecular weight is 383 g/mol. The van der Waals surface area contributed by atoms with Crippen LogP contribution in [-0.2, 0) is 13.1 Å². The number of benzene rings is 1. The summed E-state index contributed by atoms with van der Waals surface area (Å²) < 4.78 is 10.9. The summed E-state index contributed by atoms with van der Waals surface area (Å²) in [5, 5.41) is 0. The molecule has 5 rings (SSSR count). The molecular weight excluding hydrogens is 354 g/mol. The molecule has 0 bridgehead atoms. The summed E-state index contributed by atoms with van der Waals surface area (Å²) in [7, 11) is 0. The molecule has 1 atom stereocenters. The van der Waals surface area contributed by atoms with Gasteiger partial charge in [0.2, 0.25) is 6.79 Å². The molecule has 0 saturated carbocycles. The van der Waals surface area contributed by atoms with Crippen LogP contribution in [0.15, 0.2) is 30.7 Å². The Morgan fingerprint density at radius 3 is 2.75 bits per heavy atom. The summed E-state index contributed by atoms with van der Waals surface area (Å²) in [6.45, 7) is 9.22. The van der Waals surface area contributed by atoms with Crippen molar-refractivity contribution in [2.75, 3.05) is 46.1 Å². The first-order chi connectivity index (χ1) is 13.8. The SMILES string of the molecule is c1nc(CN2CCC[C@H](N3CCN(Cc4ccc5c(c4)OCO5)CC3)C2)c[nH]1. The molecular formula is C21H29N5O2. The minimum absolute atomic E-state index is 0.343. The minimum atomic E-state index is 0.343. The second-order valence-corrected chi connectivity index (χ2v) is 8.09. The zero-order chi connectivity index (χ0) is 18.8. The number of fused-ring (bicyclic) bond motifs is 1. The van der Waals surface area contributed by atoms with Gasteiger partial charge in [0.15, 0.2) is 11.5 Å². The molecule has 4 heterocycles. The number of hydrogen-bond acceptors (Lipinski definition) is 6. The van der Waals surface area contributed by atoms with Crippen LogP contribution in [0.4, 0.5) is 0 Å². The van der Waals surface area contributed by atoms with Crippen molar-refractivity contribution in [3.63, 3.8) is 0 Å². The molecule has 0 amide bonds. The molecule has 2 fully saturated rings. The monoisotopic (exact) mass is 383 g/mol. The third kappa shape index (κ3) is 4.01. The van der Waals surface area contributed by atoms with Crippen molar-refractivity contribution in [1.29, 1.82) is 0 Å². The first kappa shape index (κ1) is 18.0. The van der Waals surface area contributed by atoms with E-state index in [-0.39, 0.29) is 0 Å². The van der Waals surface area contributed by atoms with Gasteiger partial charge in [0.1, 0.15) is 0 Å². The van der Waals surface area contributed by atoms with E-state index in [9.17, 15) is 0 Å². The number of ether oxygens (including phenoxy) is 2. The molecule has 0 radical (unpaired) electrons. The molecule has 0 spiro atoms. The number of nitrogens with zero attached hydrogens (tertiary/aromatic N) is 4. The summed E-state index contributed by atoms with van der Waals surface area (Å²) >= 11 is 0. The van der Waals surface area contributed by atoms with Crippen molar-refractivity contribution in [1.82, 2.24) is 24.7 Å². The maximum atomic E-state index is 5.51. The Bertz CT molecular complexity index is 773. The highest BCUT2D eigenvalue weighted by atomic mass is 16.7. The molecule has 1 aromatic heterocycles. The minimum Gasteiger partial charge on any atom is -0.454 e. The number of imidazole rings is 1. The van der Waals surface area contributed by atoms with Crippen molar-refractivity contribution in [2.45, 2.75) is 32.0 Å². The molecule has 7 nitrogen and oxygen atoms in total. The van der Waals surface area contributed by atoms with E-state index < -0.39 is 0 Å². The molecule has 2 aromatic rings. The lowest BCUT2D eigenvalue weighted by atomic mass is 10.0. The summed E-state index contributed by atoms with van der Waals surface area (Å²) in [6.07, 6.45) is 6.39. The number of hydrogen-bond donors (Lipinski definition) is 1. The van der Waals surface area contributed by atoms with Gasteiger partial charge in [0, 0.05) is 58.1 Å². The molecule has 2 saturated heterocycles. The standard InChI is InChI=1S/C21H29N5O2/c1-2-19(14-25(5-1)13-18-11-22-15-23-18)26-8-6-24(7-9-26)12-17-3-4-20-21(10-17)28-16-27-20/h3-4,10-11,15,19H,1-2,5-9,12-14,16H2,(H,22,23)/t19-/m0/s1. The summed E-state index contributed by atoms with van der Waals surface area (Å²) in [5.41, 5.74) is 2.45. The highest BCUT2D eigenvalue weighted by molar-refractivity contribution is 5.44. The summed E-state index contributed by atoms with van der Waals surface area (Å²) in [6, 6.07) is 7.00. The Hall–Kier alpha value is -2.09.